The van der Waals surface area contributed by atoms with Gasteiger partial charge >= 0.3 is 6.01 Å². The van der Waals surface area contributed by atoms with E-state index < -0.39 is 0 Å². The van der Waals surface area contributed by atoms with Crippen LogP contribution in [0.5, 0.6) is 11.8 Å². The number of ether oxygens (including phenoxy) is 1. The molecular weight excluding hydrogens is 182 g/mol. The average Bonchev–Trinajstić information content (AvgIpc) is 2.19. The summed E-state index contributed by atoms with van der Waals surface area (Å²) in [6, 6.07) is 3.65. The van der Waals surface area contributed by atoms with E-state index in [9.17, 15) is 0 Å². The molecule has 0 radical (unpaired) electrons. The Balaban J connectivity index is 2.19. The minimum Gasteiger partial charge on any atom is -0.423 e. The highest BCUT2D eigenvalue weighted by Gasteiger charge is 2.00. The third-order valence-corrected chi connectivity index (χ3v) is 1.41. The second kappa shape index (κ2) is 3.65. The van der Waals surface area contributed by atoms with E-state index in [0.717, 1.165) is 0 Å². The van der Waals surface area contributed by atoms with Gasteiger partial charge in [-0.2, -0.15) is 9.97 Å². The maximum Gasteiger partial charge on any atom is 0.326 e. The van der Waals surface area contributed by atoms with Crippen molar-refractivity contribution >= 4 is 5.95 Å². The summed E-state index contributed by atoms with van der Waals surface area (Å²) >= 11 is 0. The molecule has 2 aromatic rings. The standard InChI is InChI=1S/C8H7N5O/c9-7-11-5-12-8(13-7)14-6-2-1-3-10-4-6/h1-5H,(H2,9,11,12,13). The molecule has 0 amide bonds. The van der Waals surface area contributed by atoms with E-state index in [1.54, 1.807) is 24.5 Å². The van der Waals surface area contributed by atoms with Gasteiger partial charge < -0.3 is 10.5 Å². The molecule has 0 bridgehead atoms. The zero-order valence-corrected chi connectivity index (χ0v) is 7.16. The largest absolute Gasteiger partial charge is 0.423 e. The van der Waals surface area contributed by atoms with Gasteiger partial charge in [-0.15, -0.1) is 0 Å². The van der Waals surface area contributed by atoms with Crippen LogP contribution in [-0.4, -0.2) is 19.9 Å². The first kappa shape index (κ1) is 8.36. The fraction of sp³-hybridized carbons (Fsp3) is 0. The topological polar surface area (TPSA) is 86.8 Å². The Morgan fingerprint density at radius 3 is 2.93 bits per heavy atom. The summed E-state index contributed by atoms with van der Waals surface area (Å²) in [5, 5.41) is 0. The Bertz CT molecular complexity index is 419. The molecule has 0 aliphatic rings. The molecule has 0 aromatic carbocycles. The first-order chi connectivity index (χ1) is 6.84. The van der Waals surface area contributed by atoms with Crippen LogP contribution in [0.3, 0.4) is 0 Å². The zero-order valence-electron chi connectivity index (χ0n) is 7.16. The molecule has 0 unspecified atom stereocenters. The summed E-state index contributed by atoms with van der Waals surface area (Å²) < 4.78 is 5.25. The van der Waals surface area contributed by atoms with Crippen LogP contribution in [0.4, 0.5) is 5.95 Å². The molecule has 6 nitrogen and oxygen atoms in total. The Morgan fingerprint density at radius 1 is 1.29 bits per heavy atom. The number of aromatic nitrogens is 4. The number of rotatable bonds is 2. The number of hydrogen-bond donors (Lipinski definition) is 1. The lowest BCUT2D eigenvalue weighted by Crippen LogP contribution is -1.98. The minimum atomic E-state index is 0.124. The van der Waals surface area contributed by atoms with Crippen molar-refractivity contribution in [2.45, 2.75) is 0 Å². The van der Waals surface area contributed by atoms with Crippen LogP contribution >= 0.6 is 0 Å². The lowest BCUT2D eigenvalue weighted by atomic mass is 10.5. The third-order valence-electron chi connectivity index (χ3n) is 1.41. The minimum absolute atomic E-state index is 0.124. The molecule has 0 aliphatic heterocycles. The SMILES string of the molecule is Nc1ncnc(Oc2cccnc2)n1. The van der Waals surface area contributed by atoms with Gasteiger partial charge in [-0.3, -0.25) is 4.98 Å². The second-order valence-corrected chi connectivity index (χ2v) is 2.42. The molecule has 2 rings (SSSR count). The van der Waals surface area contributed by atoms with E-state index in [1.165, 1.54) is 6.33 Å². The van der Waals surface area contributed by atoms with Crippen molar-refractivity contribution in [1.82, 2.24) is 19.9 Å². The maximum absolute atomic E-state index is 5.35. The lowest BCUT2D eigenvalue weighted by molar-refractivity contribution is 0.438. The van der Waals surface area contributed by atoms with Gasteiger partial charge in [0, 0.05) is 6.20 Å². The van der Waals surface area contributed by atoms with Gasteiger partial charge in [0.05, 0.1) is 6.20 Å². The molecule has 0 atom stereocenters. The van der Waals surface area contributed by atoms with Crippen LogP contribution in [0.15, 0.2) is 30.9 Å². The lowest BCUT2D eigenvalue weighted by Gasteiger charge is -2.01. The van der Waals surface area contributed by atoms with Crippen molar-refractivity contribution < 1.29 is 4.74 Å². The van der Waals surface area contributed by atoms with Crippen LogP contribution in [0.1, 0.15) is 0 Å². The van der Waals surface area contributed by atoms with Crippen molar-refractivity contribution in [2.75, 3.05) is 5.73 Å². The summed E-state index contributed by atoms with van der Waals surface area (Å²) in [6.45, 7) is 0. The van der Waals surface area contributed by atoms with Gasteiger partial charge in [0.25, 0.3) is 0 Å². The van der Waals surface area contributed by atoms with Gasteiger partial charge in [0.2, 0.25) is 5.95 Å². The zero-order chi connectivity index (χ0) is 9.80. The molecule has 2 aromatic heterocycles. The summed E-state index contributed by atoms with van der Waals surface area (Å²) in [6.07, 6.45) is 4.49. The Hall–Kier alpha value is -2.24. The Morgan fingerprint density at radius 2 is 2.21 bits per heavy atom. The van der Waals surface area contributed by atoms with Gasteiger partial charge in [-0.1, -0.05) is 0 Å². The van der Waals surface area contributed by atoms with Crippen molar-refractivity contribution in [2.24, 2.45) is 0 Å². The van der Waals surface area contributed by atoms with Crippen LogP contribution < -0.4 is 10.5 Å². The van der Waals surface area contributed by atoms with Crippen molar-refractivity contribution in [3.63, 3.8) is 0 Å². The van der Waals surface area contributed by atoms with E-state index in [0.29, 0.717) is 5.75 Å². The number of nitrogens with two attached hydrogens (primary N) is 1. The fourth-order valence-electron chi connectivity index (χ4n) is 0.855. The van der Waals surface area contributed by atoms with Crippen molar-refractivity contribution in [3.05, 3.63) is 30.9 Å². The molecule has 0 fully saturated rings. The first-order valence-corrected chi connectivity index (χ1v) is 3.87. The third kappa shape index (κ3) is 1.92. The summed E-state index contributed by atoms with van der Waals surface area (Å²) in [5.41, 5.74) is 5.35. The van der Waals surface area contributed by atoms with Crippen molar-refractivity contribution in [3.8, 4) is 11.8 Å². The normalized spacial score (nSPS) is 9.71. The number of pyridine rings is 1. The summed E-state index contributed by atoms with van der Waals surface area (Å²) in [7, 11) is 0. The second-order valence-electron chi connectivity index (χ2n) is 2.42. The quantitative estimate of drug-likeness (QED) is 0.745. The van der Waals surface area contributed by atoms with Crippen molar-refractivity contribution in [1.29, 1.82) is 0 Å². The van der Waals surface area contributed by atoms with E-state index in [4.69, 9.17) is 10.5 Å². The summed E-state index contributed by atoms with van der Waals surface area (Å²) in [5.74, 6) is 0.678. The highest BCUT2D eigenvalue weighted by Crippen LogP contribution is 2.14. The molecular formula is C8H7N5O. The molecule has 0 aliphatic carbocycles. The van der Waals surface area contributed by atoms with Gasteiger partial charge in [0.15, 0.2) is 0 Å². The highest BCUT2D eigenvalue weighted by atomic mass is 16.5. The molecule has 14 heavy (non-hydrogen) atoms. The predicted octanol–water partition coefficient (Wildman–Crippen LogP) is 0.641. The Kier molecular flexibility index (Phi) is 2.18. The molecule has 0 spiro atoms. The van der Waals surface area contributed by atoms with E-state index in [-0.39, 0.29) is 12.0 Å². The predicted molar refractivity (Wildman–Crippen MR) is 48.6 cm³/mol. The molecule has 2 N–H and O–H groups in total. The molecule has 6 heteroatoms. The number of nitrogen functional groups attached to an aromatic ring is 1. The first-order valence-electron chi connectivity index (χ1n) is 3.87. The van der Waals surface area contributed by atoms with Crippen LogP contribution in [0.2, 0.25) is 0 Å². The number of hydrogen-bond acceptors (Lipinski definition) is 6. The molecule has 0 saturated carbocycles. The van der Waals surface area contributed by atoms with Gasteiger partial charge in [-0.25, -0.2) is 4.98 Å². The smallest absolute Gasteiger partial charge is 0.326 e. The van der Waals surface area contributed by atoms with Gasteiger partial charge in [0.1, 0.15) is 12.1 Å². The Labute approximate surface area is 79.8 Å². The molecule has 0 saturated heterocycles. The fourth-order valence-corrected chi connectivity index (χ4v) is 0.855. The number of nitrogens with zero attached hydrogens (tertiary/aromatic N) is 4. The highest BCUT2D eigenvalue weighted by molar-refractivity contribution is 5.22. The van der Waals surface area contributed by atoms with E-state index in [2.05, 4.69) is 19.9 Å². The van der Waals surface area contributed by atoms with E-state index >= 15 is 0 Å². The van der Waals surface area contributed by atoms with E-state index in [1.807, 2.05) is 0 Å². The van der Waals surface area contributed by atoms with Crippen LogP contribution in [0, 0.1) is 0 Å². The van der Waals surface area contributed by atoms with Crippen LogP contribution in [0.25, 0.3) is 0 Å². The molecule has 2 heterocycles. The average molecular weight is 189 g/mol. The summed E-state index contributed by atoms with van der Waals surface area (Å²) in [4.78, 5) is 15.1. The maximum atomic E-state index is 5.35. The van der Waals surface area contributed by atoms with Gasteiger partial charge in [-0.05, 0) is 12.1 Å². The number of anilines is 1. The van der Waals surface area contributed by atoms with Crippen LogP contribution in [-0.2, 0) is 0 Å². The monoisotopic (exact) mass is 189 g/mol. The molecule has 70 valence electrons.